The van der Waals surface area contributed by atoms with E-state index in [0.29, 0.717) is 11.5 Å². The molecule has 82 valence electrons. The summed E-state index contributed by atoms with van der Waals surface area (Å²) in [7, 11) is 0. The molecule has 1 aromatic carbocycles. The molecule has 0 heterocycles. The zero-order valence-corrected chi connectivity index (χ0v) is 14.9. The van der Waals surface area contributed by atoms with Crippen LogP contribution in [0.5, 0.6) is 5.75 Å². The smallest absolute Gasteiger partial charge is 0.146 e. The van der Waals surface area contributed by atoms with Gasteiger partial charge in [0.1, 0.15) is 11.9 Å². The standard InChI is InChI=1S/C10H8ClI3O/c11-5-1-7(2-5)15-10-8(13)3-6(12)4-9(10)14/h3-5,7H,1-2H2. The van der Waals surface area contributed by atoms with Gasteiger partial charge in [0, 0.05) is 21.8 Å². The van der Waals surface area contributed by atoms with Crippen LogP contribution in [0, 0.1) is 10.7 Å². The summed E-state index contributed by atoms with van der Waals surface area (Å²) in [6.07, 6.45) is 2.26. The first-order chi connectivity index (χ1) is 7.06. The summed E-state index contributed by atoms with van der Waals surface area (Å²) < 4.78 is 9.55. The Morgan fingerprint density at radius 3 is 2.13 bits per heavy atom. The third-order valence-electron chi connectivity index (χ3n) is 2.28. The van der Waals surface area contributed by atoms with E-state index in [9.17, 15) is 0 Å². The number of hydrogen-bond donors (Lipinski definition) is 0. The van der Waals surface area contributed by atoms with Crippen LogP contribution in [0.3, 0.4) is 0 Å². The Bertz CT molecular complexity index is 354. The van der Waals surface area contributed by atoms with Gasteiger partial charge < -0.3 is 4.74 Å². The quantitative estimate of drug-likeness (QED) is 0.378. The molecule has 0 radical (unpaired) electrons. The molecular weight excluding hydrogens is 552 g/mol. The summed E-state index contributed by atoms with van der Waals surface area (Å²) in [6, 6.07) is 4.27. The summed E-state index contributed by atoms with van der Waals surface area (Å²) in [5.74, 6) is 1.02. The minimum atomic E-state index is 0.314. The number of rotatable bonds is 2. The number of hydrogen-bond acceptors (Lipinski definition) is 1. The average Bonchev–Trinajstić information content (AvgIpc) is 2.07. The van der Waals surface area contributed by atoms with Crippen molar-refractivity contribution in [3.8, 4) is 5.75 Å². The summed E-state index contributed by atoms with van der Waals surface area (Å²) >= 11 is 12.9. The van der Waals surface area contributed by atoms with Crippen molar-refractivity contribution in [2.24, 2.45) is 0 Å². The van der Waals surface area contributed by atoms with Crippen molar-refractivity contribution in [2.75, 3.05) is 0 Å². The van der Waals surface area contributed by atoms with Crippen molar-refractivity contribution < 1.29 is 4.74 Å². The van der Waals surface area contributed by atoms with Gasteiger partial charge in [0.25, 0.3) is 0 Å². The van der Waals surface area contributed by atoms with Crippen LogP contribution in [0.25, 0.3) is 0 Å². The lowest BCUT2D eigenvalue weighted by Gasteiger charge is -2.31. The fourth-order valence-corrected chi connectivity index (χ4v) is 5.64. The third-order valence-corrected chi connectivity index (χ3v) is 4.87. The van der Waals surface area contributed by atoms with E-state index >= 15 is 0 Å². The molecule has 2 rings (SSSR count). The second-order valence-corrected chi connectivity index (χ2v) is 7.69. The number of ether oxygens (including phenoxy) is 1. The zero-order chi connectivity index (χ0) is 11.0. The molecule has 0 unspecified atom stereocenters. The predicted octanol–water partition coefficient (Wildman–Crippen LogP) is 4.65. The Balaban J connectivity index is 2.14. The highest BCUT2D eigenvalue weighted by atomic mass is 127. The van der Waals surface area contributed by atoms with Gasteiger partial charge in [-0.3, -0.25) is 0 Å². The average molecular weight is 560 g/mol. The maximum absolute atomic E-state index is 5.93. The molecule has 0 atom stereocenters. The molecule has 1 saturated carbocycles. The molecule has 0 aliphatic heterocycles. The fraction of sp³-hybridized carbons (Fsp3) is 0.400. The van der Waals surface area contributed by atoms with E-state index in [1.165, 1.54) is 10.7 Å². The van der Waals surface area contributed by atoms with Crippen molar-refractivity contribution in [1.29, 1.82) is 0 Å². The second kappa shape index (κ2) is 5.43. The van der Waals surface area contributed by atoms with Crippen LogP contribution in [0.15, 0.2) is 12.1 Å². The van der Waals surface area contributed by atoms with Gasteiger partial charge in [0.05, 0.1) is 7.14 Å². The predicted molar refractivity (Wildman–Crippen MR) is 87.9 cm³/mol. The molecular formula is C10H8ClI3O. The SMILES string of the molecule is ClC1CC(Oc2c(I)cc(I)cc2I)C1. The lowest BCUT2D eigenvalue weighted by molar-refractivity contribution is 0.122. The first kappa shape index (κ1) is 12.9. The molecule has 15 heavy (non-hydrogen) atoms. The van der Waals surface area contributed by atoms with Gasteiger partial charge in [-0.25, -0.2) is 0 Å². The molecule has 0 spiro atoms. The normalized spacial score (nSPS) is 24.8. The third kappa shape index (κ3) is 3.25. The Kier molecular flexibility index (Phi) is 4.69. The lowest BCUT2D eigenvalue weighted by atomic mass is 9.95. The van der Waals surface area contributed by atoms with E-state index in [-0.39, 0.29) is 0 Å². The van der Waals surface area contributed by atoms with E-state index < -0.39 is 0 Å². The molecule has 0 N–H and O–H groups in total. The maximum Gasteiger partial charge on any atom is 0.146 e. The van der Waals surface area contributed by atoms with E-state index in [0.717, 1.165) is 18.6 Å². The van der Waals surface area contributed by atoms with E-state index in [2.05, 4.69) is 79.9 Å². The summed E-state index contributed by atoms with van der Waals surface area (Å²) in [5, 5.41) is 0.314. The first-order valence-corrected chi connectivity index (χ1v) is 8.19. The molecule has 1 aromatic rings. The van der Waals surface area contributed by atoms with E-state index in [4.69, 9.17) is 16.3 Å². The fourth-order valence-electron chi connectivity index (χ4n) is 1.41. The lowest BCUT2D eigenvalue weighted by Crippen LogP contribution is -2.34. The maximum atomic E-state index is 5.93. The highest BCUT2D eigenvalue weighted by molar-refractivity contribution is 14.1. The summed E-state index contributed by atoms with van der Waals surface area (Å²) in [5.41, 5.74) is 0. The summed E-state index contributed by atoms with van der Waals surface area (Å²) in [4.78, 5) is 0. The molecule has 1 aliphatic carbocycles. The van der Waals surface area contributed by atoms with Crippen molar-refractivity contribution in [3.05, 3.63) is 22.8 Å². The van der Waals surface area contributed by atoms with Crippen LogP contribution < -0.4 is 4.74 Å². The van der Waals surface area contributed by atoms with Crippen LogP contribution in [-0.4, -0.2) is 11.5 Å². The Morgan fingerprint density at radius 1 is 1.13 bits per heavy atom. The molecule has 1 nitrogen and oxygen atoms in total. The Hall–Kier alpha value is 1.50. The molecule has 0 aromatic heterocycles. The minimum absolute atomic E-state index is 0.314. The second-order valence-electron chi connectivity index (χ2n) is 3.51. The largest absolute Gasteiger partial charge is 0.488 e. The molecule has 0 saturated heterocycles. The number of alkyl halides is 1. The van der Waals surface area contributed by atoms with Crippen LogP contribution in [0.1, 0.15) is 12.8 Å². The first-order valence-electron chi connectivity index (χ1n) is 4.51. The van der Waals surface area contributed by atoms with Crippen molar-refractivity contribution in [1.82, 2.24) is 0 Å². The van der Waals surface area contributed by atoms with Crippen molar-refractivity contribution >= 4 is 79.4 Å². The van der Waals surface area contributed by atoms with Gasteiger partial charge in [-0.05, 0) is 79.9 Å². The highest BCUT2D eigenvalue weighted by Crippen LogP contribution is 2.35. The van der Waals surface area contributed by atoms with Gasteiger partial charge in [0.15, 0.2) is 0 Å². The molecule has 1 fully saturated rings. The van der Waals surface area contributed by atoms with Crippen LogP contribution >= 0.6 is 79.4 Å². The molecule has 5 heteroatoms. The van der Waals surface area contributed by atoms with Crippen LogP contribution in [0.4, 0.5) is 0 Å². The Labute approximate surface area is 135 Å². The zero-order valence-electron chi connectivity index (χ0n) is 7.64. The number of benzene rings is 1. The van der Waals surface area contributed by atoms with Gasteiger partial charge in [-0.15, -0.1) is 11.6 Å². The van der Waals surface area contributed by atoms with Gasteiger partial charge in [-0.1, -0.05) is 0 Å². The topological polar surface area (TPSA) is 9.23 Å². The molecule has 0 bridgehead atoms. The molecule has 0 amide bonds. The van der Waals surface area contributed by atoms with Crippen molar-refractivity contribution in [2.45, 2.75) is 24.3 Å². The highest BCUT2D eigenvalue weighted by Gasteiger charge is 2.30. The Morgan fingerprint density at radius 2 is 1.67 bits per heavy atom. The molecule has 1 aliphatic rings. The van der Waals surface area contributed by atoms with Crippen molar-refractivity contribution in [3.63, 3.8) is 0 Å². The van der Waals surface area contributed by atoms with Gasteiger partial charge in [0.2, 0.25) is 0 Å². The van der Waals surface area contributed by atoms with Crippen LogP contribution in [0.2, 0.25) is 0 Å². The van der Waals surface area contributed by atoms with E-state index in [1.807, 2.05) is 0 Å². The van der Waals surface area contributed by atoms with E-state index in [1.54, 1.807) is 0 Å². The monoisotopic (exact) mass is 560 g/mol. The van der Waals surface area contributed by atoms with Crippen LogP contribution in [-0.2, 0) is 0 Å². The minimum Gasteiger partial charge on any atom is -0.488 e. The number of halogens is 4. The summed E-state index contributed by atoms with van der Waals surface area (Å²) in [6.45, 7) is 0. The van der Waals surface area contributed by atoms with Gasteiger partial charge >= 0.3 is 0 Å². The van der Waals surface area contributed by atoms with Gasteiger partial charge in [-0.2, -0.15) is 0 Å².